The first-order valence-electron chi connectivity index (χ1n) is 5.99. The Balaban J connectivity index is 1.93. The molecule has 7 nitrogen and oxygen atoms in total. The smallest absolute Gasteiger partial charge is 0.258 e. The summed E-state index contributed by atoms with van der Waals surface area (Å²) >= 11 is 5.99. The van der Waals surface area contributed by atoms with Crippen molar-refractivity contribution in [2.75, 3.05) is 5.32 Å². The molecular weight excluding hydrogens is 292 g/mol. The molecular formula is C13H9ClN6O. The van der Waals surface area contributed by atoms with Crippen LogP contribution < -0.4 is 5.32 Å². The summed E-state index contributed by atoms with van der Waals surface area (Å²) in [5, 5.41) is 14.1. The molecule has 21 heavy (non-hydrogen) atoms. The fraction of sp³-hybridized carbons (Fsp3) is 0. The number of amides is 1. The van der Waals surface area contributed by atoms with E-state index >= 15 is 0 Å². The number of hydrogen-bond acceptors (Lipinski definition) is 5. The van der Waals surface area contributed by atoms with Gasteiger partial charge in [-0.3, -0.25) is 9.78 Å². The van der Waals surface area contributed by atoms with Gasteiger partial charge in [-0.05, 0) is 28.6 Å². The van der Waals surface area contributed by atoms with E-state index in [9.17, 15) is 4.79 Å². The summed E-state index contributed by atoms with van der Waals surface area (Å²) in [5.41, 5.74) is 1.51. The number of aromatic nitrogens is 5. The van der Waals surface area contributed by atoms with Gasteiger partial charge in [-0.15, -0.1) is 5.10 Å². The van der Waals surface area contributed by atoms with Gasteiger partial charge in [0, 0.05) is 12.4 Å². The Morgan fingerprint density at radius 2 is 2.10 bits per heavy atom. The van der Waals surface area contributed by atoms with Crippen LogP contribution in [0.25, 0.3) is 5.69 Å². The number of anilines is 1. The summed E-state index contributed by atoms with van der Waals surface area (Å²) in [4.78, 5) is 16.2. The van der Waals surface area contributed by atoms with Gasteiger partial charge in [0.2, 0.25) is 0 Å². The maximum absolute atomic E-state index is 12.3. The van der Waals surface area contributed by atoms with Crippen molar-refractivity contribution in [2.45, 2.75) is 0 Å². The van der Waals surface area contributed by atoms with Crippen LogP contribution >= 0.6 is 11.6 Å². The number of halogens is 1. The highest BCUT2D eigenvalue weighted by Gasteiger charge is 2.13. The third kappa shape index (κ3) is 2.72. The van der Waals surface area contributed by atoms with Crippen LogP contribution in [0.5, 0.6) is 0 Å². The maximum atomic E-state index is 12.3. The van der Waals surface area contributed by atoms with E-state index in [1.54, 1.807) is 24.3 Å². The van der Waals surface area contributed by atoms with Gasteiger partial charge in [0.1, 0.15) is 6.33 Å². The first-order valence-corrected chi connectivity index (χ1v) is 6.37. The first-order chi connectivity index (χ1) is 10.3. The Bertz CT molecular complexity index is 774. The SMILES string of the molecule is O=C(Nc1ccccc1-n1cnnn1)c1cnccc1Cl. The zero-order chi connectivity index (χ0) is 14.7. The van der Waals surface area contributed by atoms with Crippen LogP contribution in [0.1, 0.15) is 10.4 Å². The van der Waals surface area contributed by atoms with Crippen LogP contribution in [0, 0.1) is 0 Å². The van der Waals surface area contributed by atoms with Crippen LogP contribution in [0.4, 0.5) is 5.69 Å². The van der Waals surface area contributed by atoms with Crippen molar-refractivity contribution in [2.24, 2.45) is 0 Å². The van der Waals surface area contributed by atoms with Crippen molar-refractivity contribution in [3.8, 4) is 5.69 Å². The molecule has 0 atom stereocenters. The van der Waals surface area contributed by atoms with Crippen LogP contribution in [-0.2, 0) is 0 Å². The second-order valence-corrected chi connectivity index (χ2v) is 4.49. The number of rotatable bonds is 3. The molecule has 0 fully saturated rings. The Hall–Kier alpha value is -2.80. The monoisotopic (exact) mass is 300 g/mol. The molecule has 3 rings (SSSR count). The summed E-state index contributed by atoms with van der Waals surface area (Å²) in [6.45, 7) is 0. The average Bonchev–Trinajstić information content (AvgIpc) is 3.02. The van der Waals surface area contributed by atoms with Crippen LogP contribution in [0.15, 0.2) is 49.1 Å². The number of benzene rings is 1. The van der Waals surface area contributed by atoms with Crippen molar-refractivity contribution in [3.63, 3.8) is 0 Å². The van der Waals surface area contributed by atoms with E-state index in [0.29, 0.717) is 22.0 Å². The molecule has 0 aliphatic rings. The van der Waals surface area contributed by atoms with Crippen LogP contribution in [-0.4, -0.2) is 31.1 Å². The Morgan fingerprint density at radius 3 is 2.86 bits per heavy atom. The van der Waals surface area contributed by atoms with E-state index in [1.807, 2.05) is 6.07 Å². The fourth-order valence-electron chi connectivity index (χ4n) is 1.79. The van der Waals surface area contributed by atoms with Crippen molar-refractivity contribution in [1.82, 2.24) is 25.2 Å². The highest BCUT2D eigenvalue weighted by molar-refractivity contribution is 6.34. The molecule has 0 saturated heterocycles. The molecule has 0 bridgehead atoms. The van der Waals surface area contributed by atoms with Crippen molar-refractivity contribution < 1.29 is 4.79 Å². The van der Waals surface area contributed by atoms with E-state index in [1.165, 1.54) is 23.4 Å². The minimum absolute atomic E-state index is 0.297. The van der Waals surface area contributed by atoms with Crippen LogP contribution in [0.3, 0.4) is 0 Å². The molecule has 8 heteroatoms. The maximum Gasteiger partial charge on any atom is 0.258 e. The van der Waals surface area contributed by atoms with E-state index in [0.717, 1.165) is 0 Å². The lowest BCUT2D eigenvalue weighted by Gasteiger charge is -2.10. The van der Waals surface area contributed by atoms with Crippen molar-refractivity contribution >= 4 is 23.2 Å². The molecule has 0 unspecified atom stereocenters. The second kappa shape index (κ2) is 5.68. The lowest BCUT2D eigenvalue weighted by molar-refractivity contribution is 0.102. The van der Waals surface area contributed by atoms with Crippen molar-refractivity contribution in [1.29, 1.82) is 0 Å². The van der Waals surface area contributed by atoms with E-state index in [2.05, 4.69) is 25.8 Å². The highest BCUT2D eigenvalue weighted by Crippen LogP contribution is 2.21. The number of pyridine rings is 1. The lowest BCUT2D eigenvalue weighted by atomic mass is 10.2. The van der Waals surface area contributed by atoms with Gasteiger partial charge in [0.05, 0.1) is 22.0 Å². The molecule has 0 spiro atoms. The molecule has 0 aliphatic heterocycles. The number of hydrogen-bond donors (Lipinski definition) is 1. The molecule has 2 aromatic heterocycles. The predicted molar refractivity (Wildman–Crippen MR) is 76.4 cm³/mol. The summed E-state index contributed by atoms with van der Waals surface area (Å²) in [5.74, 6) is -0.353. The van der Waals surface area contributed by atoms with E-state index in [4.69, 9.17) is 11.6 Å². The number of carbonyl (C=O) groups is 1. The zero-order valence-corrected chi connectivity index (χ0v) is 11.4. The molecule has 1 amide bonds. The van der Waals surface area contributed by atoms with Gasteiger partial charge in [-0.1, -0.05) is 23.7 Å². The highest BCUT2D eigenvalue weighted by atomic mass is 35.5. The topological polar surface area (TPSA) is 85.6 Å². The molecule has 1 aromatic carbocycles. The minimum Gasteiger partial charge on any atom is -0.320 e. The Kier molecular flexibility index (Phi) is 3.57. The van der Waals surface area contributed by atoms with Gasteiger partial charge in [0.15, 0.2) is 0 Å². The van der Waals surface area contributed by atoms with Gasteiger partial charge >= 0.3 is 0 Å². The van der Waals surface area contributed by atoms with Crippen LogP contribution in [0.2, 0.25) is 5.02 Å². The quantitative estimate of drug-likeness (QED) is 0.799. The number of carbonyl (C=O) groups excluding carboxylic acids is 1. The van der Waals surface area contributed by atoms with Gasteiger partial charge < -0.3 is 5.32 Å². The summed E-state index contributed by atoms with van der Waals surface area (Å²) in [6, 6.07) is 8.72. The standard InChI is InChI=1S/C13H9ClN6O/c14-10-5-6-15-7-9(10)13(21)17-11-3-1-2-4-12(11)20-8-16-18-19-20/h1-8H,(H,17,21). The summed E-state index contributed by atoms with van der Waals surface area (Å²) in [6.07, 6.45) is 4.38. The van der Waals surface area contributed by atoms with Gasteiger partial charge in [-0.2, -0.15) is 4.68 Å². The molecule has 1 N–H and O–H groups in total. The number of nitrogens with zero attached hydrogens (tertiary/aromatic N) is 5. The Labute approximate surface area is 124 Å². The first kappa shape index (κ1) is 13.2. The third-order valence-corrected chi connectivity index (χ3v) is 3.09. The number of nitrogens with one attached hydrogen (secondary N) is 1. The Morgan fingerprint density at radius 1 is 1.24 bits per heavy atom. The summed E-state index contributed by atoms with van der Waals surface area (Å²) in [7, 11) is 0. The van der Waals surface area contributed by atoms with E-state index < -0.39 is 0 Å². The molecule has 3 aromatic rings. The lowest BCUT2D eigenvalue weighted by Crippen LogP contribution is -2.14. The predicted octanol–water partition coefficient (Wildman–Crippen LogP) is 1.96. The molecule has 0 saturated carbocycles. The number of para-hydroxylation sites is 2. The average molecular weight is 301 g/mol. The zero-order valence-electron chi connectivity index (χ0n) is 10.6. The number of tetrazole rings is 1. The second-order valence-electron chi connectivity index (χ2n) is 4.08. The minimum atomic E-state index is -0.353. The molecule has 104 valence electrons. The molecule has 0 radical (unpaired) electrons. The largest absolute Gasteiger partial charge is 0.320 e. The van der Waals surface area contributed by atoms with Crippen molar-refractivity contribution in [3.05, 3.63) is 59.6 Å². The third-order valence-electron chi connectivity index (χ3n) is 2.76. The normalized spacial score (nSPS) is 10.3. The van der Waals surface area contributed by atoms with Gasteiger partial charge in [0.25, 0.3) is 5.91 Å². The van der Waals surface area contributed by atoms with E-state index in [-0.39, 0.29) is 5.91 Å². The molecule has 0 aliphatic carbocycles. The van der Waals surface area contributed by atoms with Gasteiger partial charge in [-0.25, -0.2) is 0 Å². The molecule has 2 heterocycles. The fourth-order valence-corrected chi connectivity index (χ4v) is 1.98. The summed E-state index contributed by atoms with van der Waals surface area (Å²) < 4.78 is 1.46.